The van der Waals surface area contributed by atoms with Crippen LogP contribution < -0.4 is 0 Å². The number of fused-ring (bicyclic) bond motifs is 3. The van der Waals surface area contributed by atoms with Crippen LogP contribution >= 0.6 is 0 Å². The Labute approximate surface area is 189 Å². The predicted octanol–water partition coefficient (Wildman–Crippen LogP) is 3.90. The lowest BCUT2D eigenvalue weighted by Gasteiger charge is -2.62. The highest BCUT2D eigenvalue weighted by molar-refractivity contribution is 5.94. The number of ether oxygens (including phenoxy) is 2. The summed E-state index contributed by atoms with van der Waals surface area (Å²) in [7, 11) is 3.03. The van der Waals surface area contributed by atoms with E-state index in [9.17, 15) is 14.4 Å². The summed E-state index contributed by atoms with van der Waals surface area (Å²) in [5, 5.41) is 0. The van der Waals surface area contributed by atoms with Gasteiger partial charge in [-0.15, -0.1) is 0 Å². The van der Waals surface area contributed by atoms with Gasteiger partial charge in [0, 0.05) is 31.4 Å². The summed E-state index contributed by atoms with van der Waals surface area (Å²) in [5.41, 5.74) is -0.144. The van der Waals surface area contributed by atoms with Crippen molar-refractivity contribution in [2.24, 2.45) is 28.6 Å². The molecule has 0 radical (unpaired) electrons. The molecule has 3 aliphatic rings. The van der Waals surface area contributed by atoms with E-state index in [0.29, 0.717) is 18.6 Å². The van der Waals surface area contributed by atoms with E-state index in [1.807, 2.05) is 13.0 Å². The van der Waals surface area contributed by atoms with Gasteiger partial charge in [-0.2, -0.15) is 0 Å². The van der Waals surface area contributed by atoms with Crippen molar-refractivity contribution in [3.05, 3.63) is 36.5 Å². The van der Waals surface area contributed by atoms with Gasteiger partial charge < -0.3 is 18.8 Å². The number of hydrogen-bond donors (Lipinski definition) is 0. The number of likely N-dealkylation sites (N-methyl/N-ethyl adjacent to an activating group) is 1. The molecule has 1 aliphatic heterocycles. The first-order chi connectivity index (χ1) is 15.0. The van der Waals surface area contributed by atoms with Crippen molar-refractivity contribution in [3.63, 3.8) is 0 Å². The summed E-state index contributed by atoms with van der Waals surface area (Å²) in [6.07, 6.45) is 5.37. The molecular weight excluding hydrogens is 410 g/mol. The van der Waals surface area contributed by atoms with Gasteiger partial charge in [-0.1, -0.05) is 20.4 Å². The molecule has 1 amide bonds. The fourth-order valence-electron chi connectivity index (χ4n) is 6.93. The lowest BCUT2D eigenvalue weighted by atomic mass is 9.42. The molecule has 7 nitrogen and oxygen atoms in total. The molecule has 7 atom stereocenters. The SMILES string of the molecule is C=C1O[C@H](c2ccoc2)C[C@]2(C)C3C(=O)[C@H](N(C)C(C)=O)C[C@@H](C(=O)OC)[C@]3(C)CC[C@@H]12. The minimum atomic E-state index is -0.659. The molecule has 1 aromatic rings. The topological polar surface area (TPSA) is 86.0 Å². The van der Waals surface area contributed by atoms with E-state index in [2.05, 4.69) is 13.5 Å². The van der Waals surface area contributed by atoms with Crippen molar-refractivity contribution in [1.29, 1.82) is 0 Å². The molecule has 0 N–H and O–H groups in total. The Morgan fingerprint density at radius 1 is 1.28 bits per heavy atom. The van der Waals surface area contributed by atoms with Crippen molar-refractivity contribution in [2.45, 2.75) is 58.6 Å². The van der Waals surface area contributed by atoms with Gasteiger partial charge in [-0.25, -0.2) is 0 Å². The molecule has 7 heteroatoms. The number of nitrogens with zero attached hydrogens (tertiary/aromatic N) is 1. The number of furan rings is 1. The van der Waals surface area contributed by atoms with Crippen molar-refractivity contribution >= 4 is 17.7 Å². The molecule has 0 aromatic carbocycles. The zero-order valence-electron chi connectivity index (χ0n) is 19.6. The van der Waals surface area contributed by atoms with E-state index >= 15 is 0 Å². The normalized spacial score (nSPS) is 38.8. The van der Waals surface area contributed by atoms with Crippen LogP contribution in [0.2, 0.25) is 0 Å². The van der Waals surface area contributed by atoms with Crippen molar-refractivity contribution in [3.8, 4) is 0 Å². The van der Waals surface area contributed by atoms with Gasteiger partial charge in [0.2, 0.25) is 5.91 Å². The average Bonchev–Trinajstić information content (AvgIpc) is 3.26. The van der Waals surface area contributed by atoms with E-state index in [1.165, 1.54) is 18.9 Å². The highest BCUT2D eigenvalue weighted by atomic mass is 16.5. The Morgan fingerprint density at radius 2 is 2.00 bits per heavy atom. The molecule has 0 spiro atoms. The number of amides is 1. The monoisotopic (exact) mass is 443 g/mol. The quantitative estimate of drug-likeness (QED) is 0.659. The molecule has 174 valence electrons. The highest BCUT2D eigenvalue weighted by Crippen LogP contribution is 2.66. The number of carbonyl (C=O) groups is 3. The van der Waals surface area contributed by atoms with Crippen LogP contribution in [-0.4, -0.2) is 42.8 Å². The predicted molar refractivity (Wildman–Crippen MR) is 116 cm³/mol. The smallest absolute Gasteiger partial charge is 0.309 e. The Balaban J connectivity index is 1.82. The molecule has 2 aliphatic carbocycles. The lowest BCUT2D eigenvalue weighted by Crippen LogP contribution is -2.65. The van der Waals surface area contributed by atoms with Gasteiger partial charge in [0.15, 0.2) is 5.78 Å². The second kappa shape index (κ2) is 7.78. The maximum Gasteiger partial charge on any atom is 0.309 e. The minimum absolute atomic E-state index is 0.00708. The number of rotatable bonds is 3. The van der Waals surface area contributed by atoms with E-state index in [4.69, 9.17) is 13.9 Å². The van der Waals surface area contributed by atoms with Gasteiger partial charge in [0.25, 0.3) is 0 Å². The molecule has 1 saturated heterocycles. The summed E-state index contributed by atoms with van der Waals surface area (Å²) in [4.78, 5) is 40.7. The van der Waals surface area contributed by atoms with Gasteiger partial charge in [-0.05, 0) is 42.6 Å². The molecule has 2 heterocycles. The first kappa shape index (κ1) is 22.6. The maximum atomic E-state index is 14.1. The zero-order chi connectivity index (χ0) is 23.4. The Kier molecular flexibility index (Phi) is 5.50. The summed E-state index contributed by atoms with van der Waals surface area (Å²) in [5.74, 6) is -0.717. The molecule has 32 heavy (non-hydrogen) atoms. The van der Waals surface area contributed by atoms with Crippen molar-refractivity contribution < 1.29 is 28.3 Å². The van der Waals surface area contributed by atoms with Crippen LogP contribution in [0.1, 0.15) is 58.1 Å². The second-order valence-electron chi connectivity index (χ2n) is 10.2. The molecule has 2 saturated carbocycles. The van der Waals surface area contributed by atoms with Crippen LogP contribution in [-0.2, 0) is 23.9 Å². The van der Waals surface area contributed by atoms with Gasteiger partial charge >= 0.3 is 5.97 Å². The molecule has 1 unspecified atom stereocenters. The van der Waals surface area contributed by atoms with Crippen LogP contribution in [0, 0.1) is 28.6 Å². The van der Waals surface area contributed by atoms with Gasteiger partial charge in [0.05, 0.1) is 37.4 Å². The van der Waals surface area contributed by atoms with E-state index in [0.717, 1.165) is 12.0 Å². The molecule has 3 fully saturated rings. The first-order valence-electron chi connectivity index (χ1n) is 11.3. The number of methoxy groups -OCH3 is 1. The summed E-state index contributed by atoms with van der Waals surface area (Å²) in [6.45, 7) is 9.85. The Hall–Kier alpha value is -2.57. The second-order valence-corrected chi connectivity index (χ2v) is 10.2. The minimum Gasteiger partial charge on any atom is -0.490 e. The Morgan fingerprint density at radius 3 is 2.59 bits per heavy atom. The highest BCUT2D eigenvalue weighted by Gasteiger charge is 2.66. The molecular formula is C25H33NO6. The summed E-state index contributed by atoms with van der Waals surface area (Å²) < 4.78 is 16.7. The standard InChI is InChI=1S/C25H33NO6/c1-14-17-7-9-24(3)18(23(29)30-6)11-19(26(5)15(2)27)21(28)22(24)25(17,4)12-20(32-14)16-8-10-31-13-16/h8,10,13,17-20,22H,1,7,9,11-12H2,2-6H3/t17-,18-,19+,20-,22?,24-,25-/m0/s1. The van der Waals surface area contributed by atoms with Crippen molar-refractivity contribution in [1.82, 2.24) is 4.90 Å². The van der Waals surface area contributed by atoms with Crippen LogP contribution in [0.15, 0.2) is 35.3 Å². The zero-order valence-corrected chi connectivity index (χ0v) is 19.6. The van der Waals surface area contributed by atoms with Crippen molar-refractivity contribution in [2.75, 3.05) is 14.2 Å². The third kappa shape index (κ3) is 3.20. The number of esters is 1. The number of ketones is 1. The van der Waals surface area contributed by atoms with Crippen LogP contribution in [0.4, 0.5) is 0 Å². The fraction of sp³-hybridized carbons (Fsp3) is 0.640. The van der Waals surface area contributed by atoms with Crippen LogP contribution in [0.25, 0.3) is 0 Å². The van der Waals surface area contributed by atoms with Gasteiger partial charge in [-0.3, -0.25) is 14.4 Å². The van der Waals surface area contributed by atoms with E-state index < -0.39 is 28.7 Å². The number of hydrogen-bond acceptors (Lipinski definition) is 6. The van der Waals surface area contributed by atoms with E-state index in [1.54, 1.807) is 19.6 Å². The third-order valence-corrected chi connectivity index (χ3v) is 8.63. The summed E-state index contributed by atoms with van der Waals surface area (Å²) in [6, 6.07) is 1.21. The van der Waals surface area contributed by atoms with Crippen LogP contribution in [0.3, 0.4) is 0 Å². The molecule has 1 aromatic heterocycles. The molecule has 0 bridgehead atoms. The number of carbonyl (C=O) groups excluding carboxylic acids is 3. The summed E-state index contributed by atoms with van der Waals surface area (Å²) >= 11 is 0. The Bertz CT molecular complexity index is 938. The largest absolute Gasteiger partial charge is 0.490 e. The first-order valence-corrected chi connectivity index (χ1v) is 11.3. The third-order valence-electron chi connectivity index (χ3n) is 8.63. The molecule has 4 rings (SSSR count). The fourth-order valence-corrected chi connectivity index (χ4v) is 6.93. The van der Waals surface area contributed by atoms with Crippen LogP contribution in [0.5, 0.6) is 0 Å². The number of allylic oxidation sites excluding steroid dienone is 1. The lowest BCUT2D eigenvalue weighted by molar-refractivity contribution is -0.190. The maximum absolute atomic E-state index is 14.1. The average molecular weight is 444 g/mol. The number of Topliss-reactive ketones (excluding diaryl/α,β-unsaturated/α-hetero) is 1. The van der Waals surface area contributed by atoms with Gasteiger partial charge in [0.1, 0.15) is 6.10 Å². The van der Waals surface area contributed by atoms with E-state index in [-0.39, 0.29) is 36.1 Å².